The second kappa shape index (κ2) is 8.94. The van der Waals surface area contributed by atoms with Gasteiger partial charge in [-0.3, -0.25) is 9.79 Å². The van der Waals surface area contributed by atoms with Crippen molar-refractivity contribution in [1.29, 1.82) is 0 Å². The molecule has 4 heterocycles. The van der Waals surface area contributed by atoms with Gasteiger partial charge in [0.25, 0.3) is 5.91 Å². The largest absolute Gasteiger partial charge is 0.378 e. The van der Waals surface area contributed by atoms with Gasteiger partial charge in [0, 0.05) is 37.6 Å². The average molecular weight is 427 g/mol. The highest BCUT2D eigenvalue weighted by molar-refractivity contribution is 6.42. The Bertz CT molecular complexity index is 1060. The van der Waals surface area contributed by atoms with Crippen LogP contribution in [0.25, 0.3) is 5.65 Å². The van der Waals surface area contributed by atoms with E-state index >= 15 is 0 Å². The number of aromatic nitrogens is 2. The topological polar surface area (TPSA) is 95.6 Å². The summed E-state index contributed by atoms with van der Waals surface area (Å²) in [5, 5.41) is 6.23. The molecule has 0 aromatic carbocycles. The minimum absolute atomic E-state index is 0.216. The molecule has 2 fully saturated rings. The van der Waals surface area contributed by atoms with Gasteiger partial charge >= 0.3 is 0 Å². The van der Waals surface area contributed by atoms with Crippen molar-refractivity contribution in [2.45, 2.75) is 32.4 Å². The molecule has 0 saturated carbocycles. The number of nitrogens with zero attached hydrogens (tertiary/aromatic N) is 5. The number of aliphatic imine (C=N–C) groups is 2. The molecule has 4 rings (SSSR count). The fraction of sp³-hybridized carbons (Fsp3) is 0.429. The summed E-state index contributed by atoms with van der Waals surface area (Å²) in [4.78, 5) is 27.0. The third-order valence-corrected chi connectivity index (χ3v) is 5.37. The van der Waals surface area contributed by atoms with Gasteiger partial charge in [0.05, 0.1) is 36.8 Å². The normalized spacial score (nSPS) is 20.2. The number of ether oxygens (including phenoxy) is 1. The molecule has 0 radical (unpaired) electrons. The van der Waals surface area contributed by atoms with Gasteiger partial charge in [0.2, 0.25) is 0 Å². The summed E-state index contributed by atoms with van der Waals surface area (Å²) in [6, 6.07) is 2.03. The molecule has 2 aromatic heterocycles. The number of nitrogens with one attached hydrogen (secondary N) is 2. The molecule has 0 aliphatic carbocycles. The first-order chi connectivity index (χ1) is 14.9. The summed E-state index contributed by atoms with van der Waals surface area (Å²) in [5.41, 5.74) is 1.45. The number of hydrogen-bond acceptors (Lipinski definition) is 7. The van der Waals surface area contributed by atoms with Gasteiger partial charge in [-0.1, -0.05) is 0 Å². The van der Waals surface area contributed by atoms with E-state index in [1.807, 2.05) is 0 Å². The number of carbonyl (C=O) groups excluding carboxylic acids is 1. The van der Waals surface area contributed by atoms with Crippen LogP contribution < -0.4 is 10.6 Å². The summed E-state index contributed by atoms with van der Waals surface area (Å²) >= 11 is 0. The highest BCUT2D eigenvalue weighted by Crippen LogP contribution is 2.18. The second-order valence-corrected chi connectivity index (χ2v) is 7.84. The SMILES string of the molecule is C=N/C(=C\N=C(C)C(=O)Nc1cc(F)c2nc(C)cn2c1)N1CCC(NC2COC2)C1. The summed E-state index contributed by atoms with van der Waals surface area (Å²) in [6.45, 7) is 10.1. The van der Waals surface area contributed by atoms with Gasteiger partial charge in [0.1, 0.15) is 11.5 Å². The number of pyridine rings is 1. The standard InChI is InChI=1S/C21H26FN7O2/c1-13-8-29-10-16(6-18(22)20(29)25-13)27-21(30)14(2)24-7-19(23-3)28-5-4-15(9-28)26-17-11-31-12-17/h6-8,10,15,17,26H,3-5,9,11-12H2,1-2H3,(H,27,30)/b19-7+,24-14?. The highest BCUT2D eigenvalue weighted by Gasteiger charge is 2.28. The number of rotatable bonds is 7. The van der Waals surface area contributed by atoms with Crippen molar-refractivity contribution in [2.75, 3.05) is 31.6 Å². The Labute approximate surface area is 179 Å². The lowest BCUT2D eigenvalue weighted by molar-refractivity contribution is -0.110. The van der Waals surface area contributed by atoms with Crippen LogP contribution in [0.3, 0.4) is 0 Å². The Morgan fingerprint density at radius 2 is 2.19 bits per heavy atom. The molecule has 31 heavy (non-hydrogen) atoms. The zero-order chi connectivity index (χ0) is 22.0. The lowest BCUT2D eigenvalue weighted by Gasteiger charge is -2.30. The molecule has 2 aliphatic heterocycles. The quantitative estimate of drug-likeness (QED) is 0.657. The smallest absolute Gasteiger partial charge is 0.269 e. The number of imidazole rings is 1. The van der Waals surface area contributed by atoms with E-state index in [2.05, 4.69) is 37.2 Å². The monoisotopic (exact) mass is 427 g/mol. The van der Waals surface area contributed by atoms with E-state index in [1.54, 1.807) is 36.8 Å². The summed E-state index contributed by atoms with van der Waals surface area (Å²) in [6.07, 6.45) is 5.84. The molecular weight excluding hydrogens is 401 g/mol. The Morgan fingerprint density at radius 1 is 1.39 bits per heavy atom. The molecule has 0 spiro atoms. The number of amides is 1. The van der Waals surface area contributed by atoms with Crippen LogP contribution in [0.1, 0.15) is 19.0 Å². The molecule has 2 aromatic rings. The predicted molar refractivity (Wildman–Crippen MR) is 117 cm³/mol. The molecule has 2 saturated heterocycles. The highest BCUT2D eigenvalue weighted by atomic mass is 19.1. The third kappa shape index (κ3) is 4.80. The van der Waals surface area contributed by atoms with Crippen LogP contribution in [-0.2, 0) is 9.53 Å². The number of halogens is 1. The third-order valence-electron chi connectivity index (χ3n) is 5.37. The molecule has 0 bridgehead atoms. The average Bonchev–Trinajstić information content (AvgIpc) is 3.31. The van der Waals surface area contributed by atoms with E-state index in [0.29, 0.717) is 29.3 Å². The van der Waals surface area contributed by atoms with E-state index in [4.69, 9.17) is 4.74 Å². The maximum atomic E-state index is 14.2. The minimum atomic E-state index is -0.510. The molecular formula is C21H26FN7O2. The molecule has 1 amide bonds. The Balaban J connectivity index is 1.39. The molecule has 1 unspecified atom stereocenters. The van der Waals surface area contributed by atoms with Crippen LogP contribution in [0.2, 0.25) is 0 Å². The summed E-state index contributed by atoms with van der Waals surface area (Å²) in [5.74, 6) is -0.326. The first-order valence-electron chi connectivity index (χ1n) is 10.2. The predicted octanol–water partition coefficient (Wildman–Crippen LogP) is 1.74. The van der Waals surface area contributed by atoms with Crippen LogP contribution in [0.4, 0.5) is 10.1 Å². The number of carbonyl (C=O) groups is 1. The fourth-order valence-electron chi connectivity index (χ4n) is 3.67. The van der Waals surface area contributed by atoms with Crippen molar-refractivity contribution in [2.24, 2.45) is 9.98 Å². The molecule has 2 aliphatic rings. The van der Waals surface area contributed by atoms with Crippen molar-refractivity contribution in [3.05, 3.63) is 42.0 Å². The molecule has 164 valence electrons. The van der Waals surface area contributed by atoms with E-state index in [1.165, 1.54) is 6.07 Å². The molecule has 9 nitrogen and oxygen atoms in total. The lowest BCUT2D eigenvalue weighted by atomic mass is 10.2. The zero-order valence-electron chi connectivity index (χ0n) is 17.6. The van der Waals surface area contributed by atoms with Crippen molar-refractivity contribution in [3.63, 3.8) is 0 Å². The Kier molecular flexibility index (Phi) is 6.10. The van der Waals surface area contributed by atoms with Crippen LogP contribution >= 0.6 is 0 Å². The number of aryl methyl sites for hydroxylation is 1. The lowest BCUT2D eigenvalue weighted by Crippen LogP contribution is -2.51. The molecule has 2 N–H and O–H groups in total. The minimum Gasteiger partial charge on any atom is -0.378 e. The van der Waals surface area contributed by atoms with E-state index in [0.717, 1.165) is 32.7 Å². The van der Waals surface area contributed by atoms with E-state index < -0.39 is 11.7 Å². The van der Waals surface area contributed by atoms with Gasteiger partial charge in [0.15, 0.2) is 11.5 Å². The Morgan fingerprint density at radius 3 is 2.90 bits per heavy atom. The van der Waals surface area contributed by atoms with Gasteiger partial charge in [-0.25, -0.2) is 14.4 Å². The van der Waals surface area contributed by atoms with Crippen LogP contribution in [0.15, 0.2) is 40.5 Å². The van der Waals surface area contributed by atoms with Crippen molar-refractivity contribution in [3.8, 4) is 0 Å². The number of hydrogen-bond donors (Lipinski definition) is 2. The van der Waals surface area contributed by atoms with Crippen LogP contribution in [0.5, 0.6) is 0 Å². The first kappa shape index (κ1) is 21.1. The molecule has 1 atom stereocenters. The van der Waals surface area contributed by atoms with Crippen molar-refractivity contribution >= 4 is 29.7 Å². The van der Waals surface area contributed by atoms with Crippen LogP contribution in [-0.4, -0.2) is 71.0 Å². The van der Waals surface area contributed by atoms with Crippen LogP contribution in [0, 0.1) is 12.7 Å². The first-order valence-corrected chi connectivity index (χ1v) is 10.2. The van der Waals surface area contributed by atoms with Gasteiger partial charge in [-0.2, -0.15) is 0 Å². The van der Waals surface area contributed by atoms with Gasteiger partial charge in [-0.15, -0.1) is 0 Å². The number of fused-ring (bicyclic) bond motifs is 1. The second-order valence-electron chi connectivity index (χ2n) is 7.84. The maximum absolute atomic E-state index is 14.2. The van der Waals surface area contributed by atoms with Crippen molar-refractivity contribution < 1.29 is 13.9 Å². The molecule has 10 heteroatoms. The van der Waals surface area contributed by atoms with Gasteiger partial charge in [-0.05, 0) is 27.0 Å². The van der Waals surface area contributed by atoms with E-state index in [-0.39, 0.29) is 11.4 Å². The van der Waals surface area contributed by atoms with Gasteiger partial charge < -0.3 is 24.7 Å². The zero-order valence-corrected chi connectivity index (χ0v) is 17.6. The Hall–Kier alpha value is -3.11. The summed E-state index contributed by atoms with van der Waals surface area (Å²) < 4.78 is 21.0. The van der Waals surface area contributed by atoms with E-state index in [9.17, 15) is 9.18 Å². The van der Waals surface area contributed by atoms with Crippen molar-refractivity contribution in [1.82, 2.24) is 19.6 Å². The fourth-order valence-corrected chi connectivity index (χ4v) is 3.67. The summed E-state index contributed by atoms with van der Waals surface area (Å²) in [7, 11) is 0. The maximum Gasteiger partial charge on any atom is 0.269 e. The number of likely N-dealkylation sites (tertiary alicyclic amines) is 1. The number of anilines is 1.